The molecule has 0 radical (unpaired) electrons. The molecule has 0 aliphatic heterocycles. The zero-order valence-corrected chi connectivity index (χ0v) is 12.1. The minimum atomic E-state index is 0.473. The molecule has 2 heteroatoms. The van der Waals surface area contributed by atoms with E-state index in [0.29, 0.717) is 17.4 Å². The monoisotopic (exact) mass is 229 g/mol. The van der Waals surface area contributed by atoms with E-state index < -0.39 is 0 Å². The zero-order valence-electron chi connectivity index (χ0n) is 12.1. The van der Waals surface area contributed by atoms with Gasteiger partial charge in [0.2, 0.25) is 0 Å². The molecular formula is C14H31NO. The van der Waals surface area contributed by atoms with Crippen molar-refractivity contribution >= 4 is 0 Å². The molecule has 16 heavy (non-hydrogen) atoms. The molecule has 0 bridgehead atoms. The minimum absolute atomic E-state index is 0.473. The summed E-state index contributed by atoms with van der Waals surface area (Å²) in [6.07, 6.45) is 3.76. The Hall–Kier alpha value is -0.0800. The molecule has 2 nitrogen and oxygen atoms in total. The SMILES string of the molecule is CCC(CC)(CC)CNC(COC)C(C)C. The van der Waals surface area contributed by atoms with E-state index in [-0.39, 0.29) is 0 Å². The van der Waals surface area contributed by atoms with Gasteiger partial charge < -0.3 is 10.1 Å². The van der Waals surface area contributed by atoms with Crippen LogP contribution >= 0.6 is 0 Å². The van der Waals surface area contributed by atoms with E-state index in [0.717, 1.165) is 13.2 Å². The van der Waals surface area contributed by atoms with Crippen molar-refractivity contribution in [2.24, 2.45) is 11.3 Å². The number of methoxy groups -OCH3 is 1. The first-order valence-corrected chi connectivity index (χ1v) is 6.77. The molecule has 1 atom stereocenters. The maximum absolute atomic E-state index is 5.27. The van der Waals surface area contributed by atoms with Crippen LogP contribution in [0.25, 0.3) is 0 Å². The smallest absolute Gasteiger partial charge is 0.0618 e. The summed E-state index contributed by atoms with van der Waals surface area (Å²) in [6, 6.07) is 0.481. The Morgan fingerprint density at radius 2 is 1.56 bits per heavy atom. The highest BCUT2D eigenvalue weighted by atomic mass is 16.5. The van der Waals surface area contributed by atoms with E-state index in [4.69, 9.17) is 4.74 Å². The van der Waals surface area contributed by atoms with Gasteiger partial charge >= 0.3 is 0 Å². The van der Waals surface area contributed by atoms with Gasteiger partial charge in [-0.3, -0.25) is 0 Å². The number of nitrogens with one attached hydrogen (secondary N) is 1. The third-order valence-corrected chi connectivity index (χ3v) is 4.14. The molecule has 98 valence electrons. The van der Waals surface area contributed by atoms with Crippen molar-refractivity contribution in [3.8, 4) is 0 Å². The van der Waals surface area contributed by atoms with Crippen molar-refractivity contribution in [3.63, 3.8) is 0 Å². The lowest BCUT2D eigenvalue weighted by Crippen LogP contribution is -2.44. The molecule has 0 fully saturated rings. The van der Waals surface area contributed by atoms with Gasteiger partial charge in [-0.05, 0) is 30.6 Å². The molecule has 0 rings (SSSR count). The predicted octanol–water partition coefficient (Wildman–Crippen LogP) is 3.46. The topological polar surface area (TPSA) is 21.3 Å². The van der Waals surface area contributed by atoms with Crippen molar-refractivity contribution in [3.05, 3.63) is 0 Å². The van der Waals surface area contributed by atoms with Gasteiger partial charge in [-0.1, -0.05) is 34.6 Å². The number of rotatable bonds is 9. The molecule has 0 amide bonds. The molecule has 1 unspecified atom stereocenters. The average Bonchev–Trinajstić information content (AvgIpc) is 2.29. The van der Waals surface area contributed by atoms with Crippen LogP contribution in [0.15, 0.2) is 0 Å². The molecule has 0 spiro atoms. The standard InChI is InChI=1S/C14H31NO/c1-7-14(8-2,9-3)11-15-13(10-16-6)12(4)5/h12-13,15H,7-11H2,1-6H3. The predicted molar refractivity (Wildman–Crippen MR) is 71.8 cm³/mol. The highest BCUT2D eigenvalue weighted by molar-refractivity contribution is 4.81. The molecule has 1 N–H and O–H groups in total. The van der Waals surface area contributed by atoms with Crippen LogP contribution in [0.3, 0.4) is 0 Å². The minimum Gasteiger partial charge on any atom is -0.383 e. The molecule has 0 aromatic rings. The highest BCUT2D eigenvalue weighted by Crippen LogP contribution is 2.29. The van der Waals surface area contributed by atoms with Gasteiger partial charge in [0.1, 0.15) is 0 Å². The van der Waals surface area contributed by atoms with Crippen LogP contribution in [-0.2, 0) is 4.74 Å². The number of ether oxygens (including phenoxy) is 1. The summed E-state index contributed by atoms with van der Waals surface area (Å²) >= 11 is 0. The van der Waals surface area contributed by atoms with Gasteiger partial charge in [0.15, 0.2) is 0 Å². The Kier molecular flexibility index (Phi) is 8.04. The summed E-state index contributed by atoms with van der Waals surface area (Å²) in [7, 11) is 1.78. The van der Waals surface area contributed by atoms with Crippen LogP contribution in [0, 0.1) is 11.3 Å². The van der Waals surface area contributed by atoms with Gasteiger partial charge in [0.25, 0.3) is 0 Å². The Labute approximate surface area is 102 Å². The summed E-state index contributed by atoms with van der Waals surface area (Å²) in [5.41, 5.74) is 0.473. The fourth-order valence-corrected chi connectivity index (χ4v) is 2.14. The Bertz CT molecular complexity index is 156. The van der Waals surface area contributed by atoms with E-state index >= 15 is 0 Å². The van der Waals surface area contributed by atoms with Gasteiger partial charge in [0, 0.05) is 19.7 Å². The summed E-state index contributed by atoms with van der Waals surface area (Å²) in [6.45, 7) is 13.3. The molecule has 0 saturated carbocycles. The van der Waals surface area contributed by atoms with Crippen LogP contribution in [0.4, 0.5) is 0 Å². The van der Waals surface area contributed by atoms with Gasteiger partial charge in [-0.15, -0.1) is 0 Å². The van der Waals surface area contributed by atoms with Crippen LogP contribution in [0.1, 0.15) is 53.9 Å². The summed E-state index contributed by atoms with van der Waals surface area (Å²) < 4.78 is 5.27. The van der Waals surface area contributed by atoms with Crippen molar-refractivity contribution in [1.29, 1.82) is 0 Å². The third-order valence-electron chi connectivity index (χ3n) is 4.14. The Morgan fingerprint density at radius 3 is 1.88 bits per heavy atom. The van der Waals surface area contributed by atoms with Crippen LogP contribution < -0.4 is 5.32 Å². The molecule has 0 aromatic carbocycles. The number of hydrogen-bond donors (Lipinski definition) is 1. The third kappa shape index (κ3) is 4.84. The second kappa shape index (κ2) is 8.08. The van der Waals surface area contributed by atoms with Gasteiger partial charge in [0.05, 0.1) is 6.61 Å². The summed E-state index contributed by atoms with van der Waals surface area (Å²) in [4.78, 5) is 0. The molecule has 0 heterocycles. The fraction of sp³-hybridized carbons (Fsp3) is 1.00. The first kappa shape index (κ1) is 15.9. The van der Waals surface area contributed by atoms with E-state index in [1.165, 1.54) is 19.3 Å². The molecular weight excluding hydrogens is 198 g/mol. The van der Waals surface area contributed by atoms with Gasteiger partial charge in [-0.2, -0.15) is 0 Å². The van der Waals surface area contributed by atoms with Gasteiger partial charge in [-0.25, -0.2) is 0 Å². The maximum atomic E-state index is 5.27. The first-order chi connectivity index (χ1) is 7.55. The Morgan fingerprint density at radius 1 is 1.06 bits per heavy atom. The fourth-order valence-electron chi connectivity index (χ4n) is 2.14. The van der Waals surface area contributed by atoms with Crippen LogP contribution in [-0.4, -0.2) is 26.3 Å². The largest absolute Gasteiger partial charge is 0.383 e. The van der Waals surface area contributed by atoms with Crippen molar-refractivity contribution < 1.29 is 4.74 Å². The highest BCUT2D eigenvalue weighted by Gasteiger charge is 2.25. The normalized spacial score (nSPS) is 14.4. The molecule has 0 saturated heterocycles. The van der Waals surface area contributed by atoms with Crippen LogP contribution in [0.2, 0.25) is 0 Å². The first-order valence-electron chi connectivity index (χ1n) is 6.77. The van der Waals surface area contributed by atoms with Crippen molar-refractivity contribution in [2.75, 3.05) is 20.3 Å². The molecule has 0 aliphatic rings. The number of hydrogen-bond acceptors (Lipinski definition) is 2. The van der Waals surface area contributed by atoms with E-state index in [1.807, 2.05) is 0 Å². The zero-order chi connectivity index (χ0) is 12.6. The lowest BCUT2D eigenvalue weighted by atomic mass is 9.79. The Balaban J connectivity index is 4.25. The van der Waals surface area contributed by atoms with Crippen molar-refractivity contribution in [1.82, 2.24) is 5.32 Å². The van der Waals surface area contributed by atoms with E-state index in [9.17, 15) is 0 Å². The maximum Gasteiger partial charge on any atom is 0.0618 e. The van der Waals surface area contributed by atoms with Crippen LogP contribution in [0.5, 0.6) is 0 Å². The second-order valence-electron chi connectivity index (χ2n) is 5.25. The van der Waals surface area contributed by atoms with E-state index in [1.54, 1.807) is 7.11 Å². The van der Waals surface area contributed by atoms with E-state index in [2.05, 4.69) is 39.9 Å². The lowest BCUT2D eigenvalue weighted by molar-refractivity contribution is 0.131. The molecule has 0 aliphatic carbocycles. The summed E-state index contributed by atoms with van der Waals surface area (Å²) in [5.74, 6) is 0.628. The lowest BCUT2D eigenvalue weighted by Gasteiger charge is -2.34. The quantitative estimate of drug-likeness (QED) is 0.654. The summed E-state index contributed by atoms with van der Waals surface area (Å²) in [5, 5.41) is 3.69. The second-order valence-corrected chi connectivity index (χ2v) is 5.25. The average molecular weight is 229 g/mol. The van der Waals surface area contributed by atoms with Crippen molar-refractivity contribution in [2.45, 2.75) is 59.9 Å². The molecule has 0 aromatic heterocycles.